The molecule has 1 atom stereocenters. The molecule has 172 valence electrons. The summed E-state index contributed by atoms with van der Waals surface area (Å²) in [5.41, 5.74) is 1.38. The van der Waals surface area contributed by atoms with Crippen molar-refractivity contribution in [2.24, 2.45) is 7.05 Å². The van der Waals surface area contributed by atoms with Crippen LogP contribution in [0.15, 0.2) is 53.7 Å². The first-order valence-electron chi connectivity index (χ1n) is 9.84. The summed E-state index contributed by atoms with van der Waals surface area (Å²) < 4.78 is 1.59. The number of anilines is 1. The van der Waals surface area contributed by atoms with E-state index in [1.807, 2.05) is 0 Å². The van der Waals surface area contributed by atoms with Gasteiger partial charge in [0.05, 0.1) is 23.0 Å². The molecule has 3 N–H and O–H groups in total. The summed E-state index contributed by atoms with van der Waals surface area (Å²) in [6, 6.07) is 12.0. The van der Waals surface area contributed by atoms with Crippen LogP contribution in [0.1, 0.15) is 27.8 Å². The van der Waals surface area contributed by atoms with E-state index in [1.165, 1.54) is 12.1 Å². The molecule has 1 heterocycles. The predicted molar refractivity (Wildman–Crippen MR) is 122 cm³/mol. The number of aliphatic hydroxyl groups excluding tert-OH is 1. The zero-order chi connectivity index (χ0) is 24.0. The molecule has 0 fully saturated rings. The molecule has 0 saturated carbocycles. The minimum atomic E-state index is -0.786. The molecule has 3 aromatic rings. The van der Waals surface area contributed by atoms with Crippen LogP contribution < -0.4 is 10.6 Å². The first-order chi connectivity index (χ1) is 15.8. The number of nitrogens with one attached hydrogen (secondary N) is 2. The van der Waals surface area contributed by atoms with Crippen molar-refractivity contribution in [3.8, 4) is 0 Å². The Balaban J connectivity index is 1.63. The summed E-state index contributed by atoms with van der Waals surface area (Å²) in [6.45, 7) is 1.35. The van der Waals surface area contributed by atoms with Gasteiger partial charge < -0.3 is 20.3 Å². The second-order valence-corrected chi connectivity index (χ2v) is 8.01. The molecule has 11 nitrogen and oxygen atoms in total. The zero-order valence-corrected chi connectivity index (χ0v) is 18.7. The smallest absolute Gasteiger partial charge is 0.271 e. The molecule has 0 spiro atoms. The minimum absolute atomic E-state index is 0.0196. The topological polar surface area (TPSA) is 152 Å². The monoisotopic (exact) mass is 470 g/mol. The number of hydrogen-bond acceptors (Lipinski definition) is 8. The number of rotatable bonds is 9. The van der Waals surface area contributed by atoms with E-state index in [4.69, 9.17) is 0 Å². The Morgan fingerprint density at radius 1 is 1.21 bits per heavy atom. The summed E-state index contributed by atoms with van der Waals surface area (Å²) in [5, 5.41) is 34.6. The van der Waals surface area contributed by atoms with Crippen molar-refractivity contribution in [2.45, 2.75) is 18.1 Å². The third-order valence-electron chi connectivity index (χ3n) is 4.74. The SMILES string of the molecule is Cc1ccc([N+](=O)[O-])cc1NC(=O)CSc1nnc(C(CO)NC(=O)c2ccccc2)n1C. The average Bonchev–Trinajstić information content (AvgIpc) is 3.17. The highest BCUT2D eigenvalue weighted by Crippen LogP contribution is 2.23. The number of aromatic nitrogens is 3. The van der Waals surface area contributed by atoms with Crippen molar-refractivity contribution in [2.75, 3.05) is 17.7 Å². The molecular weight excluding hydrogens is 448 g/mol. The lowest BCUT2D eigenvalue weighted by molar-refractivity contribution is -0.384. The fourth-order valence-electron chi connectivity index (χ4n) is 2.95. The summed E-state index contributed by atoms with van der Waals surface area (Å²) >= 11 is 1.10. The maximum Gasteiger partial charge on any atom is 0.271 e. The van der Waals surface area contributed by atoms with E-state index in [2.05, 4.69) is 20.8 Å². The fraction of sp³-hybridized carbons (Fsp3) is 0.238. The molecule has 3 rings (SSSR count). The third-order valence-corrected chi connectivity index (χ3v) is 5.76. The first kappa shape index (κ1) is 23.9. The van der Waals surface area contributed by atoms with Crippen molar-refractivity contribution in [1.29, 1.82) is 0 Å². The van der Waals surface area contributed by atoms with Crippen LogP contribution in [0.4, 0.5) is 11.4 Å². The second-order valence-electron chi connectivity index (χ2n) is 7.07. The summed E-state index contributed by atoms with van der Waals surface area (Å²) in [5.74, 6) is -0.420. The molecule has 2 amide bonds. The number of nitro groups is 1. The lowest BCUT2D eigenvalue weighted by Crippen LogP contribution is -2.32. The van der Waals surface area contributed by atoms with Gasteiger partial charge >= 0.3 is 0 Å². The van der Waals surface area contributed by atoms with Gasteiger partial charge in [-0.05, 0) is 24.6 Å². The van der Waals surface area contributed by atoms with Gasteiger partial charge in [0, 0.05) is 24.7 Å². The summed E-state index contributed by atoms with van der Waals surface area (Å²) in [4.78, 5) is 35.2. The number of carbonyl (C=O) groups excluding carboxylic acids is 2. The Bertz CT molecular complexity index is 1170. The number of amides is 2. The van der Waals surface area contributed by atoms with Crippen LogP contribution in [0.3, 0.4) is 0 Å². The molecule has 0 radical (unpaired) electrons. The van der Waals surface area contributed by atoms with Gasteiger partial charge in [-0.15, -0.1) is 10.2 Å². The van der Waals surface area contributed by atoms with E-state index >= 15 is 0 Å². The summed E-state index contributed by atoms with van der Waals surface area (Å²) in [6.07, 6.45) is 0. The summed E-state index contributed by atoms with van der Waals surface area (Å²) in [7, 11) is 1.66. The number of aliphatic hydroxyl groups is 1. The third kappa shape index (κ3) is 5.93. The highest BCUT2D eigenvalue weighted by molar-refractivity contribution is 7.99. The van der Waals surface area contributed by atoms with Crippen LogP contribution >= 0.6 is 11.8 Å². The first-order valence-corrected chi connectivity index (χ1v) is 10.8. The lowest BCUT2D eigenvalue weighted by Gasteiger charge is -2.16. The van der Waals surface area contributed by atoms with Gasteiger partial charge in [0.2, 0.25) is 5.91 Å². The Kier molecular flexibility index (Phi) is 7.74. The van der Waals surface area contributed by atoms with E-state index in [0.29, 0.717) is 27.8 Å². The predicted octanol–water partition coefficient (Wildman–Crippen LogP) is 2.23. The van der Waals surface area contributed by atoms with Gasteiger partial charge in [0.15, 0.2) is 11.0 Å². The molecule has 0 aliphatic rings. The van der Waals surface area contributed by atoms with E-state index in [-0.39, 0.29) is 29.9 Å². The molecule has 0 saturated heterocycles. The minimum Gasteiger partial charge on any atom is -0.394 e. The van der Waals surface area contributed by atoms with Gasteiger partial charge in [-0.2, -0.15) is 0 Å². The van der Waals surface area contributed by atoms with E-state index < -0.39 is 11.0 Å². The standard InChI is InChI=1S/C21H22N6O5S/c1-13-8-9-15(27(31)32)10-16(13)22-18(29)12-33-21-25-24-19(26(21)2)17(11-28)23-20(30)14-6-4-3-5-7-14/h3-10,17,28H,11-12H2,1-2H3,(H,22,29)(H,23,30). The fourth-order valence-corrected chi connectivity index (χ4v) is 3.67. The second kappa shape index (κ2) is 10.7. The average molecular weight is 471 g/mol. The van der Waals surface area contributed by atoms with Crippen molar-refractivity contribution in [1.82, 2.24) is 20.1 Å². The quantitative estimate of drug-likeness (QED) is 0.245. The van der Waals surface area contributed by atoms with Gasteiger partial charge in [-0.1, -0.05) is 36.0 Å². The van der Waals surface area contributed by atoms with Crippen LogP contribution in [-0.2, 0) is 11.8 Å². The molecule has 2 aromatic carbocycles. The number of aryl methyl sites for hydroxylation is 1. The molecule has 33 heavy (non-hydrogen) atoms. The molecular formula is C21H22N6O5S. The molecule has 12 heteroatoms. The molecule has 1 unspecified atom stereocenters. The largest absolute Gasteiger partial charge is 0.394 e. The molecule has 0 bridgehead atoms. The van der Waals surface area contributed by atoms with Crippen molar-refractivity contribution in [3.05, 3.63) is 75.6 Å². The number of carbonyl (C=O) groups is 2. The number of thioether (sulfide) groups is 1. The van der Waals surface area contributed by atoms with Gasteiger partial charge in [-0.25, -0.2) is 0 Å². The Labute approximate surface area is 193 Å². The van der Waals surface area contributed by atoms with Crippen molar-refractivity contribution >= 4 is 35.0 Å². The highest BCUT2D eigenvalue weighted by Gasteiger charge is 2.22. The number of nitrogens with zero attached hydrogens (tertiary/aromatic N) is 4. The van der Waals surface area contributed by atoms with Crippen molar-refractivity contribution < 1.29 is 19.6 Å². The van der Waals surface area contributed by atoms with E-state index in [0.717, 1.165) is 11.8 Å². The number of nitro benzene ring substituents is 1. The number of non-ortho nitro benzene ring substituents is 1. The Morgan fingerprint density at radius 2 is 1.94 bits per heavy atom. The van der Waals surface area contributed by atoms with Gasteiger partial charge in [-0.3, -0.25) is 19.7 Å². The van der Waals surface area contributed by atoms with Crippen LogP contribution in [0.2, 0.25) is 0 Å². The Hall–Kier alpha value is -3.77. The van der Waals surface area contributed by atoms with Crippen LogP contribution in [0.25, 0.3) is 0 Å². The number of hydrogen-bond donors (Lipinski definition) is 3. The lowest BCUT2D eigenvalue weighted by atomic mass is 10.2. The van der Waals surface area contributed by atoms with Crippen LogP contribution in [-0.4, -0.2) is 49.0 Å². The normalized spacial score (nSPS) is 11.6. The maximum atomic E-state index is 12.4. The molecule has 0 aliphatic carbocycles. The van der Waals surface area contributed by atoms with Gasteiger partial charge in [0.25, 0.3) is 11.6 Å². The van der Waals surface area contributed by atoms with E-state index in [1.54, 1.807) is 54.9 Å². The van der Waals surface area contributed by atoms with Gasteiger partial charge in [0.1, 0.15) is 6.04 Å². The van der Waals surface area contributed by atoms with Crippen LogP contribution in [0, 0.1) is 17.0 Å². The Morgan fingerprint density at radius 3 is 2.61 bits per heavy atom. The van der Waals surface area contributed by atoms with Crippen molar-refractivity contribution in [3.63, 3.8) is 0 Å². The molecule has 1 aromatic heterocycles. The zero-order valence-electron chi connectivity index (χ0n) is 17.9. The number of benzene rings is 2. The highest BCUT2D eigenvalue weighted by atomic mass is 32.2. The van der Waals surface area contributed by atoms with E-state index in [9.17, 15) is 24.8 Å². The van der Waals surface area contributed by atoms with Crippen LogP contribution in [0.5, 0.6) is 0 Å². The molecule has 0 aliphatic heterocycles. The maximum absolute atomic E-state index is 12.4.